The van der Waals surface area contributed by atoms with E-state index in [1.54, 1.807) is 6.08 Å². The van der Waals surface area contributed by atoms with E-state index in [0.717, 1.165) is 70.6 Å². The molecule has 2 fully saturated rings. The molecule has 9 N–H and O–H groups in total. The van der Waals surface area contributed by atoms with Crippen molar-refractivity contribution in [3.8, 4) is 0 Å². The van der Waals surface area contributed by atoms with Crippen molar-refractivity contribution in [1.82, 2.24) is 5.32 Å². The normalized spacial score (nSPS) is 23.6. The van der Waals surface area contributed by atoms with E-state index >= 15 is 0 Å². The van der Waals surface area contributed by atoms with E-state index in [-0.39, 0.29) is 18.9 Å². The Kier molecular flexibility index (Phi) is 54.7. The lowest BCUT2D eigenvalue weighted by Crippen LogP contribution is -2.65. The molecule has 14 heteroatoms. The molecule has 91 heavy (non-hydrogen) atoms. The largest absolute Gasteiger partial charge is 0.394 e. The summed E-state index contributed by atoms with van der Waals surface area (Å²) in [6.45, 7) is 2.64. The zero-order valence-electron chi connectivity index (χ0n) is 56.5. The van der Waals surface area contributed by atoms with Gasteiger partial charge in [-0.2, -0.15) is 0 Å². The first-order valence-corrected chi connectivity index (χ1v) is 35.9. The van der Waals surface area contributed by atoms with Crippen molar-refractivity contribution in [3.05, 3.63) is 134 Å². The van der Waals surface area contributed by atoms with Crippen molar-refractivity contribution in [2.45, 2.75) is 325 Å². The number of carbonyl (C=O) groups excluding carboxylic acids is 1. The lowest BCUT2D eigenvalue weighted by Gasteiger charge is -2.46. The first-order chi connectivity index (χ1) is 44.6. The third kappa shape index (κ3) is 43.7. The summed E-state index contributed by atoms with van der Waals surface area (Å²) in [6.07, 6.45) is 72.3. The maximum atomic E-state index is 13.3. The number of aliphatic hydroxyl groups excluding tert-OH is 8. The fourth-order valence-corrected chi connectivity index (χ4v) is 10.9. The van der Waals surface area contributed by atoms with Crippen molar-refractivity contribution in [3.63, 3.8) is 0 Å². The van der Waals surface area contributed by atoms with Crippen LogP contribution in [-0.4, -0.2) is 140 Å². The molecule has 0 spiro atoms. The molecule has 520 valence electrons. The molecular formula is C77H129NO13. The van der Waals surface area contributed by atoms with Crippen LogP contribution in [0.1, 0.15) is 251 Å². The molecule has 1 amide bonds. The number of allylic oxidation sites excluding steroid dienone is 21. The second-order valence-corrected chi connectivity index (χ2v) is 24.6. The van der Waals surface area contributed by atoms with Gasteiger partial charge >= 0.3 is 0 Å². The van der Waals surface area contributed by atoms with Crippen LogP contribution in [0.15, 0.2) is 134 Å². The number of carbonyl (C=O) groups is 1. The molecule has 2 heterocycles. The first kappa shape index (κ1) is 83.2. The third-order valence-corrected chi connectivity index (χ3v) is 16.6. The molecule has 14 nitrogen and oxygen atoms in total. The minimum Gasteiger partial charge on any atom is -0.394 e. The van der Waals surface area contributed by atoms with Gasteiger partial charge in [-0.25, -0.2) is 0 Å². The van der Waals surface area contributed by atoms with Gasteiger partial charge in [0.15, 0.2) is 12.6 Å². The van der Waals surface area contributed by atoms with Crippen LogP contribution in [0.4, 0.5) is 0 Å². The molecule has 0 bridgehead atoms. The monoisotopic (exact) mass is 1280 g/mol. The van der Waals surface area contributed by atoms with Crippen LogP contribution < -0.4 is 5.32 Å². The molecule has 2 aliphatic heterocycles. The van der Waals surface area contributed by atoms with Crippen LogP contribution in [0.3, 0.4) is 0 Å². The third-order valence-electron chi connectivity index (χ3n) is 16.6. The zero-order valence-corrected chi connectivity index (χ0v) is 56.5. The van der Waals surface area contributed by atoms with Gasteiger partial charge in [0.25, 0.3) is 0 Å². The molecule has 0 aromatic carbocycles. The predicted octanol–water partition coefficient (Wildman–Crippen LogP) is 15.1. The van der Waals surface area contributed by atoms with Crippen molar-refractivity contribution >= 4 is 5.91 Å². The molecule has 12 atom stereocenters. The summed E-state index contributed by atoms with van der Waals surface area (Å²) in [5.74, 6) is -0.310. The highest BCUT2D eigenvalue weighted by Crippen LogP contribution is 2.30. The number of hydrogen-bond donors (Lipinski definition) is 9. The number of rotatable bonds is 57. The smallest absolute Gasteiger partial charge is 0.220 e. The predicted molar refractivity (Wildman–Crippen MR) is 373 cm³/mol. The lowest BCUT2D eigenvalue weighted by atomic mass is 9.97. The molecule has 0 aliphatic carbocycles. The van der Waals surface area contributed by atoms with E-state index in [0.29, 0.717) is 19.3 Å². The molecule has 0 saturated carbocycles. The maximum Gasteiger partial charge on any atom is 0.220 e. The highest BCUT2D eigenvalue weighted by atomic mass is 16.7. The lowest BCUT2D eigenvalue weighted by molar-refractivity contribution is -0.359. The van der Waals surface area contributed by atoms with Gasteiger partial charge in [-0.1, -0.05) is 282 Å². The van der Waals surface area contributed by atoms with E-state index in [2.05, 4.69) is 135 Å². The van der Waals surface area contributed by atoms with Crippen LogP contribution in [0, 0.1) is 0 Å². The minimum absolute atomic E-state index is 0.184. The van der Waals surface area contributed by atoms with Gasteiger partial charge in [-0.05, 0) is 96.3 Å². The van der Waals surface area contributed by atoms with E-state index in [4.69, 9.17) is 18.9 Å². The average molecular weight is 1280 g/mol. The second-order valence-electron chi connectivity index (χ2n) is 24.6. The van der Waals surface area contributed by atoms with E-state index < -0.39 is 86.8 Å². The Morgan fingerprint density at radius 2 is 0.769 bits per heavy atom. The molecule has 12 unspecified atom stereocenters. The molecule has 0 aromatic rings. The highest BCUT2D eigenvalue weighted by Gasteiger charge is 2.51. The number of aliphatic hydroxyl groups is 8. The van der Waals surface area contributed by atoms with Gasteiger partial charge < -0.3 is 65.1 Å². The summed E-state index contributed by atoms with van der Waals surface area (Å²) < 4.78 is 22.8. The zero-order chi connectivity index (χ0) is 65.9. The first-order valence-electron chi connectivity index (χ1n) is 35.9. The number of amides is 1. The van der Waals surface area contributed by atoms with Crippen LogP contribution in [0.5, 0.6) is 0 Å². The van der Waals surface area contributed by atoms with Crippen molar-refractivity contribution in [2.75, 3.05) is 19.8 Å². The fourth-order valence-electron chi connectivity index (χ4n) is 10.9. The molecule has 2 saturated heterocycles. The molecular weight excluding hydrogens is 1150 g/mol. The van der Waals surface area contributed by atoms with Crippen LogP contribution >= 0.6 is 0 Å². The maximum absolute atomic E-state index is 13.3. The van der Waals surface area contributed by atoms with Gasteiger partial charge in [-0.3, -0.25) is 4.79 Å². The SMILES string of the molecule is CC/C=C\C/C=C\C/C=C\C/C=C\C/C=C\C/C=C\C/C=C\C/C=C\C/C=C\CCCC(=O)NC(COC1OC(CO)C(OC2OC(CO)C(O)C(O)C2O)C(O)C1O)C(O)/C=C/CC/C=C/CCCCCCCCCCCCCCCCCCCCCCCC. The fraction of sp³-hybridized carbons (Fsp3) is 0.701. The summed E-state index contributed by atoms with van der Waals surface area (Å²) in [7, 11) is 0. The summed E-state index contributed by atoms with van der Waals surface area (Å²) in [4.78, 5) is 13.3. The number of hydrogen-bond acceptors (Lipinski definition) is 13. The Morgan fingerprint density at radius 3 is 1.21 bits per heavy atom. The standard InChI is InChI=1S/C77H129NO13/c1-3-5-7-9-11-13-15-17-19-21-23-25-27-29-31-33-35-37-39-41-43-45-47-49-51-53-55-57-59-61-69(82)78-65(64-88-76-74(87)72(85)75(68(63-80)90-76)91-77-73(86)71(84)70(83)67(62-79)89-77)66(81)60-58-56-54-52-50-48-46-44-42-40-38-36-34-32-30-28-26-24-22-20-18-16-14-12-10-8-6-4-2/h5,7,11,13,17,19,23,25,29,31,35,37,41,43,47,49-50,52-53,55,58,60,65-68,70-77,79-81,83-87H,3-4,6,8-10,12,14-16,18,20-22,24,26-28,30,32-34,36,38-40,42,44-46,48,51,54,56-57,59,61-64H2,1-2H3,(H,78,82)/b7-5-,13-11-,19-17-,25-23-,31-29-,37-35-,43-41-,49-47-,52-50+,55-53-,60-58+. The summed E-state index contributed by atoms with van der Waals surface area (Å²) >= 11 is 0. The highest BCUT2D eigenvalue weighted by molar-refractivity contribution is 5.76. The van der Waals surface area contributed by atoms with Crippen LogP contribution in [-0.2, 0) is 23.7 Å². The van der Waals surface area contributed by atoms with Gasteiger partial charge in [0.2, 0.25) is 5.91 Å². The van der Waals surface area contributed by atoms with E-state index in [9.17, 15) is 45.6 Å². The summed E-state index contributed by atoms with van der Waals surface area (Å²) in [6, 6.07) is -0.975. The summed E-state index contributed by atoms with van der Waals surface area (Å²) in [5, 5.41) is 87.4. The van der Waals surface area contributed by atoms with Gasteiger partial charge in [0, 0.05) is 6.42 Å². The second kappa shape index (κ2) is 59.8. The topological polar surface area (TPSA) is 228 Å². The Labute approximate surface area is 551 Å². The Bertz CT molecular complexity index is 2040. The molecule has 0 radical (unpaired) electrons. The van der Waals surface area contributed by atoms with Crippen molar-refractivity contribution in [2.24, 2.45) is 0 Å². The number of ether oxygens (including phenoxy) is 4. The van der Waals surface area contributed by atoms with E-state index in [1.807, 2.05) is 12.2 Å². The minimum atomic E-state index is -1.80. The van der Waals surface area contributed by atoms with Gasteiger partial charge in [0.05, 0.1) is 32.0 Å². The Morgan fingerprint density at radius 1 is 0.407 bits per heavy atom. The number of unbranched alkanes of at least 4 members (excludes halogenated alkanes) is 24. The molecule has 0 aromatic heterocycles. The number of nitrogens with one attached hydrogen (secondary N) is 1. The van der Waals surface area contributed by atoms with Crippen molar-refractivity contribution < 1.29 is 64.6 Å². The van der Waals surface area contributed by atoms with Crippen LogP contribution in [0.2, 0.25) is 0 Å². The average Bonchev–Trinajstić information content (AvgIpc) is 1.06. The Balaban J connectivity index is 1.74. The van der Waals surface area contributed by atoms with Gasteiger partial charge in [0.1, 0.15) is 48.8 Å². The van der Waals surface area contributed by atoms with Gasteiger partial charge in [-0.15, -0.1) is 0 Å². The molecule has 2 rings (SSSR count). The van der Waals surface area contributed by atoms with E-state index in [1.165, 1.54) is 141 Å². The summed E-state index contributed by atoms with van der Waals surface area (Å²) in [5.41, 5.74) is 0. The van der Waals surface area contributed by atoms with Crippen molar-refractivity contribution in [1.29, 1.82) is 0 Å². The quantitative estimate of drug-likeness (QED) is 0.0204. The molecule has 2 aliphatic rings. The van der Waals surface area contributed by atoms with Crippen LogP contribution in [0.25, 0.3) is 0 Å². The Hall–Kier alpha value is -3.87.